The van der Waals surface area contributed by atoms with Crippen LogP contribution in [0.3, 0.4) is 0 Å². The molecule has 1 amide bonds. The summed E-state index contributed by atoms with van der Waals surface area (Å²) in [5.74, 6) is 5.72. The zero-order valence-electron chi connectivity index (χ0n) is 10.2. The van der Waals surface area contributed by atoms with Crippen LogP contribution in [0.2, 0.25) is 0 Å². The van der Waals surface area contributed by atoms with Gasteiger partial charge in [-0.1, -0.05) is 17.0 Å². The molecule has 0 saturated carbocycles. The van der Waals surface area contributed by atoms with Gasteiger partial charge in [0, 0.05) is 18.5 Å². The van der Waals surface area contributed by atoms with Crippen LogP contribution in [0.4, 0.5) is 5.82 Å². The van der Waals surface area contributed by atoms with E-state index in [2.05, 4.69) is 27.3 Å². The molecule has 2 N–H and O–H groups in total. The third-order valence-corrected chi connectivity index (χ3v) is 2.24. The van der Waals surface area contributed by atoms with Crippen LogP contribution in [0.15, 0.2) is 29.0 Å². The molecule has 0 aliphatic rings. The highest BCUT2D eigenvalue weighted by Crippen LogP contribution is 2.11. The summed E-state index contributed by atoms with van der Waals surface area (Å²) in [5, 5.41) is 14.9. The summed E-state index contributed by atoms with van der Waals surface area (Å²) in [5.41, 5.74) is 0.797. The number of anilines is 1. The van der Waals surface area contributed by atoms with Gasteiger partial charge in [-0.2, -0.15) is 0 Å². The Balaban J connectivity index is 2.23. The van der Waals surface area contributed by atoms with E-state index in [4.69, 9.17) is 9.63 Å². The van der Waals surface area contributed by atoms with Crippen molar-refractivity contribution in [3.63, 3.8) is 0 Å². The van der Waals surface area contributed by atoms with Crippen molar-refractivity contribution in [2.24, 2.45) is 0 Å². The van der Waals surface area contributed by atoms with E-state index in [-0.39, 0.29) is 12.5 Å². The fraction of sp³-hybridized carbons (Fsp3) is 0.154. The van der Waals surface area contributed by atoms with Gasteiger partial charge in [-0.3, -0.25) is 9.78 Å². The van der Waals surface area contributed by atoms with E-state index in [0.29, 0.717) is 22.7 Å². The summed E-state index contributed by atoms with van der Waals surface area (Å²) in [6.45, 7) is 1.45. The Morgan fingerprint density at radius 2 is 2.42 bits per heavy atom. The molecule has 0 fully saturated rings. The van der Waals surface area contributed by atoms with Gasteiger partial charge in [0.15, 0.2) is 5.82 Å². The van der Waals surface area contributed by atoms with Crippen LogP contribution in [0, 0.1) is 18.8 Å². The largest absolute Gasteiger partial charge is 0.384 e. The molecular weight excluding hydrogens is 246 g/mol. The number of hydrogen-bond acceptors (Lipinski definition) is 5. The Bertz CT molecular complexity index is 652. The Hall–Kier alpha value is -2.65. The molecule has 0 spiro atoms. The van der Waals surface area contributed by atoms with E-state index in [1.807, 2.05) is 0 Å². The molecule has 0 saturated heterocycles. The molecule has 0 radical (unpaired) electrons. The third-order valence-electron chi connectivity index (χ3n) is 2.24. The number of nitrogens with zero attached hydrogens (tertiary/aromatic N) is 2. The lowest BCUT2D eigenvalue weighted by Gasteiger charge is -2.03. The molecule has 0 unspecified atom stereocenters. The summed E-state index contributed by atoms with van der Waals surface area (Å²) in [7, 11) is 0. The van der Waals surface area contributed by atoms with Crippen molar-refractivity contribution >= 4 is 11.7 Å². The number of aromatic nitrogens is 2. The van der Waals surface area contributed by atoms with Crippen LogP contribution in [0.25, 0.3) is 0 Å². The van der Waals surface area contributed by atoms with Crippen LogP contribution in [-0.4, -0.2) is 27.8 Å². The SMILES string of the molecule is Cc1cc(NC(=O)c2ccncc2C#CCO)no1. The molecule has 0 bridgehead atoms. The number of rotatable bonds is 2. The molecule has 2 heterocycles. The normalized spacial score (nSPS) is 9.58. The van der Waals surface area contributed by atoms with E-state index in [9.17, 15) is 4.79 Å². The van der Waals surface area contributed by atoms with Gasteiger partial charge in [0.05, 0.1) is 11.1 Å². The van der Waals surface area contributed by atoms with Gasteiger partial charge in [0.1, 0.15) is 12.4 Å². The minimum atomic E-state index is -0.363. The van der Waals surface area contributed by atoms with Crippen molar-refractivity contribution in [2.45, 2.75) is 6.92 Å². The predicted molar refractivity (Wildman–Crippen MR) is 67.4 cm³/mol. The van der Waals surface area contributed by atoms with Crippen LogP contribution in [-0.2, 0) is 0 Å². The maximum atomic E-state index is 12.1. The van der Waals surface area contributed by atoms with Gasteiger partial charge >= 0.3 is 0 Å². The third kappa shape index (κ3) is 3.18. The van der Waals surface area contributed by atoms with Gasteiger partial charge in [0.2, 0.25) is 0 Å². The van der Waals surface area contributed by atoms with Crippen LogP contribution in [0.1, 0.15) is 21.7 Å². The van der Waals surface area contributed by atoms with Gasteiger partial charge in [-0.25, -0.2) is 0 Å². The van der Waals surface area contributed by atoms with Crippen molar-refractivity contribution in [3.8, 4) is 11.8 Å². The fourth-order valence-corrected chi connectivity index (χ4v) is 1.44. The number of aryl methyl sites for hydroxylation is 1. The van der Waals surface area contributed by atoms with Crippen molar-refractivity contribution in [1.29, 1.82) is 0 Å². The highest BCUT2D eigenvalue weighted by molar-refractivity contribution is 6.05. The van der Waals surface area contributed by atoms with Gasteiger partial charge in [-0.15, -0.1) is 0 Å². The topological polar surface area (TPSA) is 88.2 Å². The summed E-state index contributed by atoms with van der Waals surface area (Å²) in [6.07, 6.45) is 2.96. The molecule has 2 aromatic rings. The molecule has 96 valence electrons. The van der Waals surface area contributed by atoms with E-state index >= 15 is 0 Å². The number of aliphatic hydroxyl groups is 1. The molecule has 6 nitrogen and oxygen atoms in total. The quantitative estimate of drug-likeness (QED) is 0.783. The molecule has 0 aromatic carbocycles. The summed E-state index contributed by atoms with van der Waals surface area (Å²) >= 11 is 0. The Morgan fingerprint density at radius 3 is 3.11 bits per heavy atom. The zero-order chi connectivity index (χ0) is 13.7. The van der Waals surface area contributed by atoms with Gasteiger partial charge in [-0.05, 0) is 13.0 Å². The average Bonchev–Trinajstić information content (AvgIpc) is 2.82. The maximum absolute atomic E-state index is 12.1. The summed E-state index contributed by atoms with van der Waals surface area (Å²) in [4.78, 5) is 16.0. The molecule has 2 aromatic heterocycles. The van der Waals surface area contributed by atoms with E-state index in [1.165, 1.54) is 12.4 Å². The lowest BCUT2D eigenvalue weighted by atomic mass is 10.1. The maximum Gasteiger partial charge on any atom is 0.258 e. The first-order valence-corrected chi connectivity index (χ1v) is 5.49. The second-order valence-electron chi connectivity index (χ2n) is 3.66. The Kier molecular flexibility index (Phi) is 3.90. The number of carbonyl (C=O) groups is 1. The highest BCUT2D eigenvalue weighted by Gasteiger charge is 2.12. The molecule has 6 heteroatoms. The zero-order valence-corrected chi connectivity index (χ0v) is 10.2. The number of aliphatic hydroxyl groups excluding tert-OH is 1. The van der Waals surface area contributed by atoms with Crippen molar-refractivity contribution < 1.29 is 14.4 Å². The Morgan fingerprint density at radius 1 is 1.58 bits per heavy atom. The smallest absolute Gasteiger partial charge is 0.258 e. The monoisotopic (exact) mass is 257 g/mol. The molecule has 0 aliphatic heterocycles. The van der Waals surface area contributed by atoms with Crippen molar-refractivity contribution in [2.75, 3.05) is 11.9 Å². The van der Waals surface area contributed by atoms with Crippen LogP contribution < -0.4 is 5.32 Å². The van der Waals surface area contributed by atoms with Crippen molar-refractivity contribution in [3.05, 3.63) is 41.4 Å². The first-order valence-electron chi connectivity index (χ1n) is 5.49. The average molecular weight is 257 g/mol. The second-order valence-corrected chi connectivity index (χ2v) is 3.66. The number of pyridine rings is 1. The van der Waals surface area contributed by atoms with Gasteiger partial charge < -0.3 is 14.9 Å². The molecule has 2 rings (SSSR count). The van der Waals surface area contributed by atoms with Crippen LogP contribution in [0.5, 0.6) is 0 Å². The second kappa shape index (κ2) is 5.80. The minimum absolute atomic E-state index is 0.279. The standard InChI is InChI=1S/C13H11N3O3/c1-9-7-12(16-19-9)15-13(18)11-4-5-14-8-10(11)3-2-6-17/h4-5,7-8,17H,6H2,1H3,(H,15,16,18). The molecule has 0 atom stereocenters. The minimum Gasteiger partial charge on any atom is -0.384 e. The van der Waals surface area contributed by atoms with E-state index in [1.54, 1.807) is 19.1 Å². The fourth-order valence-electron chi connectivity index (χ4n) is 1.44. The Labute approximate surface area is 109 Å². The molecule has 19 heavy (non-hydrogen) atoms. The first kappa shape index (κ1) is 12.8. The lowest BCUT2D eigenvalue weighted by molar-refractivity contribution is 0.102. The summed E-state index contributed by atoms with van der Waals surface area (Å²) < 4.78 is 4.86. The van der Waals surface area contributed by atoms with E-state index < -0.39 is 0 Å². The molecular formula is C13H11N3O3. The first-order chi connectivity index (χ1) is 9.20. The van der Waals surface area contributed by atoms with Gasteiger partial charge in [0.25, 0.3) is 5.91 Å². The number of nitrogens with one attached hydrogen (secondary N) is 1. The highest BCUT2D eigenvalue weighted by atomic mass is 16.5. The molecule has 0 aliphatic carbocycles. The lowest BCUT2D eigenvalue weighted by Crippen LogP contribution is -2.14. The van der Waals surface area contributed by atoms with Crippen LogP contribution >= 0.6 is 0 Å². The number of amides is 1. The predicted octanol–water partition coefficient (Wildman–Crippen LogP) is 0.974. The van der Waals surface area contributed by atoms with E-state index in [0.717, 1.165) is 0 Å². The van der Waals surface area contributed by atoms with Crippen molar-refractivity contribution in [1.82, 2.24) is 10.1 Å². The summed E-state index contributed by atoms with van der Waals surface area (Å²) in [6, 6.07) is 3.15. The number of carbonyl (C=O) groups excluding carboxylic acids is 1. The number of hydrogen-bond donors (Lipinski definition) is 2.